The summed E-state index contributed by atoms with van der Waals surface area (Å²) in [7, 11) is 6.25. The Kier molecular flexibility index (Phi) is 4.96. The summed E-state index contributed by atoms with van der Waals surface area (Å²) in [5.41, 5.74) is 1.23. The summed E-state index contributed by atoms with van der Waals surface area (Å²) in [6, 6.07) is 0.518. The maximum atomic E-state index is 4.12. The Hall–Kier alpha value is -0.870. The van der Waals surface area contributed by atoms with Crippen LogP contribution in [0.3, 0.4) is 0 Å². The molecule has 16 heavy (non-hydrogen) atoms. The quantitative estimate of drug-likeness (QED) is 0.785. The van der Waals surface area contributed by atoms with Crippen molar-refractivity contribution in [2.45, 2.75) is 26.4 Å². The standard InChI is InChI=1S/C12H24N4/c1-10(2)12(8-15(3)4)14-7-11-6-13-9-16(11)5/h6,9-10,12,14H,7-8H2,1-5H3. The SMILES string of the molecule is CC(C)C(CN(C)C)NCc1cncn1C. The summed E-state index contributed by atoms with van der Waals surface area (Å²) in [6.07, 6.45) is 3.76. The number of nitrogens with one attached hydrogen (secondary N) is 1. The summed E-state index contributed by atoms with van der Waals surface area (Å²) in [4.78, 5) is 6.34. The summed E-state index contributed by atoms with van der Waals surface area (Å²) in [5, 5.41) is 3.59. The highest BCUT2D eigenvalue weighted by molar-refractivity contribution is 4.97. The molecule has 4 nitrogen and oxygen atoms in total. The number of hydrogen-bond acceptors (Lipinski definition) is 3. The van der Waals surface area contributed by atoms with Gasteiger partial charge in [-0.1, -0.05) is 13.8 Å². The average Bonchev–Trinajstić information content (AvgIpc) is 2.57. The second-order valence-electron chi connectivity index (χ2n) is 4.99. The molecule has 0 aromatic carbocycles. The van der Waals surface area contributed by atoms with Crippen molar-refractivity contribution in [2.75, 3.05) is 20.6 Å². The van der Waals surface area contributed by atoms with Gasteiger partial charge in [0.2, 0.25) is 0 Å². The molecule has 1 rings (SSSR count). The Morgan fingerprint density at radius 3 is 2.56 bits per heavy atom. The molecule has 0 aliphatic heterocycles. The highest BCUT2D eigenvalue weighted by atomic mass is 15.1. The van der Waals surface area contributed by atoms with Crippen LogP contribution in [0.25, 0.3) is 0 Å². The molecule has 0 saturated heterocycles. The lowest BCUT2D eigenvalue weighted by Crippen LogP contribution is -2.41. The minimum atomic E-state index is 0.518. The van der Waals surface area contributed by atoms with Crippen molar-refractivity contribution in [3.63, 3.8) is 0 Å². The van der Waals surface area contributed by atoms with Crippen molar-refractivity contribution in [2.24, 2.45) is 13.0 Å². The second-order valence-corrected chi connectivity index (χ2v) is 4.99. The predicted molar refractivity (Wildman–Crippen MR) is 67.2 cm³/mol. The van der Waals surface area contributed by atoms with E-state index in [0.29, 0.717) is 12.0 Å². The van der Waals surface area contributed by atoms with Crippen molar-refractivity contribution in [1.82, 2.24) is 19.8 Å². The van der Waals surface area contributed by atoms with Gasteiger partial charge in [0.25, 0.3) is 0 Å². The lowest BCUT2D eigenvalue weighted by atomic mass is 10.0. The van der Waals surface area contributed by atoms with Gasteiger partial charge in [0, 0.05) is 32.4 Å². The van der Waals surface area contributed by atoms with E-state index in [1.165, 1.54) is 5.69 Å². The number of hydrogen-bond donors (Lipinski definition) is 1. The fraction of sp³-hybridized carbons (Fsp3) is 0.750. The zero-order valence-corrected chi connectivity index (χ0v) is 11.1. The lowest BCUT2D eigenvalue weighted by Gasteiger charge is -2.25. The first-order valence-electron chi connectivity index (χ1n) is 5.84. The van der Waals surface area contributed by atoms with Crippen LogP contribution in [0.1, 0.15) is 19.5 Å². The molecule has 0 saturated carbocycles. The van der Waals surface area contributed by atoms with E-state index >= 15 is 0 Å². The highest BCUT2D eigenvalue weighted by Crippen LogP contribution is 2.04. The second kappa shape index (κ2) is 6.01. The molecule has 1 atom stereocenters. The molecule has 0 bridgehead atoms. The molecule has 1 aromatic rings. The van der Waals surface area contributed by atoms with Gasteiger partial charge in [-0.05, 0) is 20.0 Å². The fourth-order valence-electron chi connectivity index (χ4n) is 1.70. The van der Waals surface area contributed by atoms with Gasteiger partial charge in [-0.15, -0.1) is 0 Å². The molecule has 0 radical (unpaired) electrons. The smallest absolute Gasteiger partial charge is 0.0945 e. The maximum Gasteiger partial charge on any atom is 0.0945 e. The summed E-state index contributed by atoms with van der Waals surface area (Å²) >= 11 is 0. The Morgan fingerprint density at radius 1 is 1.44 bits per heavy atom. The van der Waals surface area contributed by atoms with Gasteiger partial charge in [-0.2, -0.15) is 0 Å². The third-order valence-electron chi connectivity index (χ3n) is 2.83. The average molecular weight is 224 g/mol. The van der Waals surface area contributed by atoms with Crippen LogP contribution < -0.4 is 5.32 Å². The molecule has 1 aromatic heterocycles. The summed E-state index contributed by atoms with van der Waals surface area (Å²) in [5.74, 6) is 0.635. The Balaban J connectivity index is 2.47. The molecule has 0 aliphatic rings. The van der Waals surface area contributed by atoms with E-state index in [9.17, 15) is 0 Å². The molecule has 0 fully saturated rings. The fourth-order valence-corrected chi connectivity index (χ4v) is 1.70. The largest absolute Gasteiger partial charge is 0.337 e. The van der Waals surface area contributed by atoms with Gasteiger partial charge in [-0.25, -0.2) is 4.98 Å². The van der Waals surface area contributed by atoms with E-state index in [1.54, 1.807) is 0 Å². The number of rotatable bonds is 6. The zero-order chi connectivity index (χ0) is 12.1. The van der Waals surface area contributed by atoms with Gasteiger partial charge < -0.3 is 14.8 Å². The molecule has 1 N–H and O–H groups in total. The van der Waals surface area contributed by atoms with Crippen molar-refractivity contribution >= 4 is 0 Å². The van der Waals surface area contributed by atoms with Crippen molar-refractivity contribution in [3.05, 3.63) is 18.2 Å². The molecule has 92 valence electrons. The Bertz CT molecular complexity index is 304. The third-order valence-corrected chi connectivity index (χ3v) is 2.83. The molecule has 0 amide bonds. The van der Waals surface area contributed by atoms with Gasteiger partial charge in [0.15, 0.2) is 0 Å². The first kappa shape index (κ1) is 13.2. The minimum absolute atomic E-state index is 0.518. The first-order valence-corrected chi connectivity index (χ1v) is 5.84. The van der Waals surface area contributed by atoms with Gasteiger partial charge in [-0.3, -0.25) is 0 Å². The molecule has 1 heterocycles. The first-order chi connectivity index (χ1) is 7.50. The molecular formula is C12H24N4. The Labute approximate surface area is 98.7 Å². The Morgan fingerprint density at radius 2 is 2.12 bits per heavy atom. The van der Waals surface area contributed by atoms with E-state index in [-0.39, 0.29) is 0 Å². The molecule has 0 aliphatic carbocycles. The highest BCUT2D eigenvalue weighted by Gasteiger charge is 2.13. The normalized spacial score (nSPS) is 13.7. The number of nitrogens with zero attached hydrogens (tertiary/aromatic N) is 3. The van der Waals surface area contributed by atoms with Crippen LogP contribution in [0, 0.1) is 5.92 Å². The van der Waals surface area contributed by atoms with Crippen LogP contribution in [-0.4, -0.2) is 41.1 Å². The van der Waals surface area contributed by atoms with E-state index in [4.69, 9.17) is 0 Å². The van der Waals surface area contributed by atoms with Crippen molar-refractivity contribution in [1.29, 1.82) is 0 Å². The minimum Gasteiger partial charge on any atom is -0.337 e. The number of aromatic nitrogens is 2. The molecule has 0 spiro atoms. The third kappa shape index (κ3) is 3.94. The lowest BCUT2D eigenvalue weighted by molar-refractivity contribution is 0.287. The van der Waals surface area contributed by atoms with Gasteiger partial charge in [0.05, 0.1) is 12.0 Å². The predicted octanol–water partition coefficient (Wildman–Crippen LogP) is 1.10. The number of imidazole rings is 1. The molecule has 1 unspecified atom stereocenters. The maximum absolute atomic E-state index is 4.12. The van der Waals surface area contributed by atoms with E-state index in [2.05, 4.69) is 47.7 Å². The van der Waals surface area contributed by atoms with Crippen LogP contribution in [0.4, 0.5) is 0 Å². The number of aryl methyl sites for hydroxylation is 1. The van der Waals surface area contributed by atoms with Crippen LogP contribution in [0.15, 0.2) is 12.5 Å². The van der Waals surface area contributed by atoms with E-state index < -0.39 is 0 Å². The summed E-state index contributed by atoms with van der Waals surface area (Å²) in [6.45, 7) is 6.46. The molecular weight excluding hydrogens is 200 g/mol. The van der Waals surface area contributed by atoms with Crippen LogP contribution in [0.2, 0.25) is 0 Å². The monoisotopic (exact) mass is 224 g/mol. The summed E-state index contributed by atoms with van der Waals surface area (Å²) < 4.78 is 2.06. The van der Waals surface area contributed by atoms with Crippen molar-refractivity contribution in [3.8, 4) is 0 Å². The zero-order valence-electron chi connectivity index (χ0n) is 11.1. The number of likely N-dealkylation sites (N-methyl/N-ethyl adjacent to an activating group) is 1. The van der Waals surface area contributed by atoms with Gasteiger partial charge >= 0.3 is 0 Å². The van der Waals surface area contributed by atoms with Gasteiger partial charge in [0.1, 0.15) is 0 Å². The molecule has 4 heteroatoms. The van der Waals surface area contributed by atoms with Crippen molar-refractivity contribution < 1.29 is 0 Å². The van der Waals surface area contributed by atoms with Crippen LogP contribution in [-0.2, 0) is 13.6 Å². The van der Waals surface area contributed by atoms with E-state index in [1.807, 2.05) is 19.6 Å². The topological polar surface area (TPSA) is 33.1 Å². The van der Waals surface area contributed by atoms with Crippen LogP contribution >= 0.6 is 0 Å². The van der Waals surface area contributed by atoms with Crippen LogP contribution in [0.5, 0.6) is 0 Å². The van der Waals surface area contributed by atoms with E-state index in [0.717, 1.165) is 13.1 Å².